The van der Waals surface area contributed by atoms with Gasteiger partial charge >= 0.3 is 6.18 Å². The molecule has 0 aliphatic heterocycles. The summed E-state index contributed by atoms with van der Waals surface area (Å²) in [5.41, 5.74) is -0.341. The van der Waals surface area contributed by atoms with Crippen LogP contribution in [0.5, 0.6) is 5.88 Å². The highest BCUT2D eigenvalue weighted by atomic mass is 35.5. The lowest BCUT2D eigenvalue weighted by Gasteiger charge is -2.30. The number of aryl methyl sites for hydroxylation is 1. The number of ether oxygens (including phenoxy) is 1. The molecule has 10 heteroatoms. The number of halogens is 5. The summed E-state index contributed by atoms with van der Waals surface area (Å²) in [6, 6.07) is 11.4. The first-order valence-corrected chi connectivity index (χ1v) is 10.5. The molecule has 0 unspecified atom stereocenters. The Bertz CT molecular complexity index is 1320. The van der Waals surface area contributed by atoms with Gasteiger partial charge in [0.1, 0.15) is 0 Å². The molecular formula is C23H18Cl2F3N3O2. The lowest BCUT2D eigenvalue weighted by atomic mass is 9.83. The second kappa shape index (κ2) is 8.52. The average Bonchev–Trinajstić information content (AvgIpc) is 3.21. The van der Waals surface area contributed by atoms with Crippen molar-refractivity contribution in [2.24, 2.45) is 7.05 Å². The summed E-state index contributed by atoms with van der Waals surface area (Å²) in [6.07, 6.45) is -2.76. The van der Waals surface area contributed by atoms with E-state index in [4.69, 9.17) is 27.9 Å². The number of hydrogen-bond donors (Lipinski definition) is 1. The van der Waals surface area contributed by atoms with E-state index < -0.39 is 18.2 Å². The van der Waals surface area contributed by atoms with E-state index in [0.717, 1.165) is 0 Å². The van der Waals surface area contributed by atoms with E-state index in [1.165, 1.54) is 25.7 Å². The van der Waals surface area contributed by atoms with E-state index in [9.17, 15) is 18.3 Å². The van der Waals surface area contributed by atoms with Crippen LogP contribution < -0.4 is 4.74 Å². The van der Waals surface area contributed by atoms with Crippen LogP contribution in [0.2, 0.25) is 10.0 Å². The largest absolute Gasteiger partial charge is 0.481 e. The van der Waals surface area contributed by atoms with Gasteiger partial charge in [-0.3, -0.25) is 0 Å². The Kier molecular flexibility index (Phi) is 6.03. The van der Waals surface area contributed by atoms with Gasteiger partial charge in [0.25, 0.3) is 0 Å². The number of pyridine rings is 1. The molecule has 2 aromatic carbocycles. The molecule has 0 bridgehead atoms. The average molecular weight is 496 g/mol. The van der Waals surface area contributed by atoms with Crippen molar-refractivity contribution in [3.8, 4) is 5.88 Å². The van der Waals surface area contributed by atoms with Crippen molar-refractivity contribution in [2.45, 2.75) is 18.2 Å². The van der Waals surface area contributed by atoms with Gasteiger partial charge in [-0.05, 0) is 35.4 Å². The molecule has 1 atom stereocenters. The van der Waals surface area contributed by atoms with E-state index in [1.807, 2.05) is 0 Å². The van der Waals surface area contributed by atoms with Crippen molar-refractivity contribution in [1.82, 2.24) is 14.5 Å². The molecule has 0 aliphatic rings. The highest BCUT2D eigenvalue weighted by molar-refractivity contribution is 6.36. The monoisotopic (exact) mass is 495 g/mol. The standard InChI is InChI=1S/C23H18Cl2F3N3O2/c1-31-12-29-11-19(31)23(32,13-3-6-15(24)7-4-13)14-5-8-18-16(9-14)20(25)17(10-22(26,27)28)21(30-18)33-2/h3-9,11-12,32H,10H2,1-2H3/t23-/m1/s1. The number of fused-ring (bicyclic) bond motifs is 1. The van der Waals surface area contributed by atoms with Crippen LogP contribution in [0.4, 0.5) is 13.2 Å². The first kappa shape index (κ1) is 23.4. The Labute approximate surface area is 197 Å². The number of methoxy groups -OCH3 is 1. The van der Waals surface area contributed by atoms with Gasteiger partial charge in [0.15, 0.2) is 5.60 Å². The number of imidazole rings is 1. The molecule has 5 nitrogen and oxygen atoms in total. The summed E-state index contributed by atoms with van der Waals surface area (Å²) in [7, 11) is 2.96. The quantitative estimate of drug-likeness (QED) is 0.387. The fourth-order valence-corrected chi connectivity index (χ4v) is 4.27. The van der Waals surface area contributed by atoms with Crippen LogP contribution >= 0.6 is 23.2 Å². The number of rotatable bonds is 5. The van der Waals surface area contributed by atoms with Gasteiger partial charge in [-0.25, -0.2) is 9.97 Å². The predicted octanol–water partition coefficient (Wildman–Crippen LogP) is 5.67. The van der Waals surface area contributed by atoms with Gasteiger partial charge in [0.2, 0.25) is 5.88 Å². The lowest BCUT2D eigenvalue weighted by molar-refractivity contribution is -0.127. The van der Waals surface area contributed by atoms with Gasteiger partial charge in [-0.1, -0.05) is 41.4 Å². The minimum Gasteiger partial charge on any atom is -0.481 e. The topological polar surface area (TPSA) is 60.2 Å². The minimum absolute atomic E-state index is 0.139. The summed E-state index contributed by atoms with van der Waals surface area (Å²) in [5.74, 6) is -0.197. The number of aliphatic hydroxyl groups is 1. The second-order valence-electron chi connectivity index (χ2n) is 7.54. The Balaban J connectivity index is 1.98. The molecule has 0 saturated heterocycles. The Morgan fingerprint density at radius 1 is 1.06 bits per heavy atom. The number of aromatic nitrogens is 3. The summed E-state index contributed by atoms with van der Waals surface area (Å²) in [4.78, 5) is 8.31. The normalized spacial score (nSPS) is 13.8. The zero-order valence-electron chi connectivity index (χ0n) is 17.5. The van der Waals surface area contributed by atoms with Crippen LogP contribution in [0, 0.1) is 0 Å². The Hall–Kier alpha value is -2.81. The molecule has 33 heavy (non-hydrogen) atoms. The van der Waals surface area contributed by atoms with Gasteiger partial charge in [-0.2, -0.15) is 13.2 Å². The molecule has 1 N–H and O–H groups in total. The first-order chi connectivity index (χ1) is 15.5. The van der Waals surface area contributed by atoms with E-state index in [0.29, 0.717) is 27.4 Å². The van der Waals surface area contributed by atoms with Crippen LogP contribution in [0.3, 0.4) is 0 Å². The van der Waals surface area contributed by atoms with Gasteiger partial charge < -0.3 is 14.4 Å². The molecule has 2 aromatic heterocycles. The first-order valence-electron chi connectivity index (χ1n) is 9.73. The highest BCUT2D eigenvalue weighted by Gasteiger charge is 2.37. The number of hydrogen-bond acceptors (Lipinski definition) is 4. The van der Waals surface area contributed by atoms with Crippen molar-refractivity contribution in [3.05, 3.63) is 87.4 Å². The smallest absolute Gasteiger partial charge is 0.393 e. The van der Waals surface area contributed by atoms with Crippen molar-refractivity contribution >= 4 is 34.1 Å². The van der Waals surface area contributed by atoms with Crippen LogP contribution in [-0.2, 0) is 19.1 Å². The maximum absolute atomic E-state index is 13.2. The summed E-state index contributed by atoms with van der Waals surface area (Å²) >= 11 is 12.5. The zero-order valence-corrected chi connectivity index (χ0v) is 19.0. The van der Waals surface area contributed by atoms with E-state index in [-0.39, 0.29) is 21.9 Å². The van der Waals surface area contributed by atoms with E-state index >= 15 is 0 Å². The van der Waals surface area contributed by atoms with E-state index in [1.54, 1.807) is 48.0 Å². The number of alkyl halides is 3. The van der Waals surface area contributed by atoms with Gasteiger partial charge in [0.05, 0.1) is 42.3 Å². The second-order valence-corrected chi connectivity index (χ2v) is 8.36. The van der Waals surface area contributed by atoms with Crippen molar-refractivity contribution in [2.75, 3.05) is 7.11 Å². The van der Waals surface area contributed by atoms with Crippen molar-refractivity contribution < 1.29 is 23.0 Å². The molecule has 4 aromatic rings. The van der Waals surface area contributed by atoms with Crippen LogP contribution in [0.15, 0.2) is 55.0 Å². The van der Waals surface area contributed by atoms with Crippen molar-refractivity contribution in [3.63, 3.8) is 0 Å². The van der Waals surface area contributed by atoms with Gasteiger partial charge in [0, 0.05) is 23.0 Å². The number of nitrogens with zero attached hydrogens (tertiary/aromatic N) is 3. The van der Waals surface area contributed by atoms with Gasteiger partial charge in [-0.15, -0.1) is 0 Å². The SMILES string of the molecule is COc1nc2ccc([C@](O)(c3ccc(Cl)cc3)c3cncn3C)cc2c(Cl)c1CC(F)(F)F. The van der Waals surface area contributed by atoms with Crippen LogP contribution in [0.1, 0.15) is 22.4 Å². The summed E-state index contributed by atoms with van der Waals surface area (Å²) < 4.78 is 46.3. The van der Waals surface area contributed by atoms with Crippen molar-refractivity contribution in [1.29, 1.82) is 0 Å². The molecule has 0 spiro atoms. The molecule has 0 fully saturated rings. The molecule has 4 rings (SSSR count). The Morgan fingerprint density at radius 3 is 2.30 bits per heavy atom. The zero-order chi connectivity index (χ0) is 24.0. The molecular weight excluding hydrogens is 478 g/mol. The van der Waals surface area contributed by atoms with Crippen LogP contribution in [0.25, 0.3) is 10.9 Å². The molecule has 0 saturated carbocycles. The predicted molar refractivity (Wildman–Crippen MR) is 120 cm³/mol. The third-order valence-corrected chi connectivity index (χ3v) is 6.10. The summed E-state index contributed by atoms with van der Waals surface area (Å²) in [6.45, 7) is 0. The molecule has 0 radical (unpaired) electrons. The fourth-order valence-electron chi connectivity index (χ4n) is 3.85. The molecule has 2 heterocycles. The molecule has 0 amide bonds. The molecule has 172 valence electrons. The third kappa shape index (κ3) is 4.26. The summed E-state index contributed by atoms with van der Waals surface area (Å²) in [5, 5.41) is 12.6. The minimum atomic E-state index is -4.51. The number of benzene rings is 2. The highest BCUT2D eigenvalue weighted by Crippen LogP contribution is 2.41. The Morgan fingerprint density at radius 2 is 1.73 bits per heavy atom. The lowest BCUT2D eigenvalue weighted by Crippen LogP contribution is -2.31. The molecule has 0 aliphatic carbocycles. The maximum Gasteiger partial charge on any atom is 0.393 e. The fraction of sp³-hybridized carbons (Fsp3) is 0.217. The van der Waals surface area contributed by atoms with Crippen LogP contribution in [-0.4, -0.2) is 32.9 Å². The third-order valence-electron chi connectivity index (χ3n) is 5.42. The maximum atomic E-state index is 13.2. The van der Waals surface area contributed by atoms with E-state index in [2.05, 4.69) is 9.97 Å².